The van der Waals surface area contributed by atoms with E-state index in [0.717, 1.165) is 14.3 Å². The molecule has 4 rings (SSSR count). The van der Waals surface area contributed by atoms with E-state index < -0.39 is 22.5 Å². The number of amides is 1. The summed E-state index contributed by atoms with van der Waals surface area (Å²) >= 11 is 3.36. The molecule has 37 heavy (non-hydrogen) atoms. The summed E-state index contributed by atoms with van der Waals surface area (Å²) in [4.78, 5) is 15.7. The van der Waals surface area contributed by atoms with Gasteiger partial charge in [0.1, 0.15) is 18.0 Å². The number of aromatic hydroxyl groups is 1. The first-order valence-corrected chi connectivity index (χ1v) is 13.1. The second-order valence-corrected chi connectivity index (χ2v) is 10.7. The summed E-state index contributed by atoms with van der Waals surface area (Å²) in [5, 5.41) is 18.4. The molecule has 0 aliphatic rings. The molecule has 2 N–H and O–H groups in total. The van der Waals surface area contributed by atoms with Crippen molar-refractivity contribution in [1.29, 1.82) is 0 Å². The Hall–Kier alpha value is -3.90. The Labute approximate surface area is 221 Å². The zero-order valence-electron chi connectivity index (χ0n) is 20.1. The number of nitrogens with one attached hydrogen (secondary N) is 1. The fourth-order valence-corrected chi connectivity index (χ4v) is 5.40. The summed E-state index contributed by atoms with van der Waals surface area (Å²) in [6.45, 7) is 1.15. The van der Waals surface area contributed by atoms with Crippen LogP contribution < -0.4 is 13.8 Å². The van der Waals surface area contributed by atoms with Gasteiger partial charge in [0.15, 0.2) is 5.69 Å². The first-order valence-electron chi connectivity index (χ1n) is 10.9. The fraction of sp³-hybridized carbons (Fsp3) is 0.160. The van der Waals surface area contributed by atoms with Crippen molar-refractivity contribution in [2.75, 3.05) is 25.1 Å². The Balaban J connectivity index is 1.75. The first kappa shape index (κ1) is 26.2. The molecule has 192 valence electrons. The number of anilines is 1. The van der Waals surface area contributed by atoms with Gasteiger partial charge >= 0.3 is 0 Å². The lowest BCUT2D eigenvalue weighted by molar-refractivity contribution is -0.116. The number of rotatable bonds is 8. The highest BCUT2D eigenvalue weighted by Crippen LogP contribution is 2.38. The first-order chi connectivity index (χ1) is 17.6. The number of hydrogen-bond acceptors (Lipinski definition) is 7. The molecule has 0 radical (unpaired) electrons. The number of halogens is 1. The van der Waals surface area contributed by atoms with E-state index in [9.17, 15) is 18.3 Å². The van der Waals surface area contributed by atoms with Crippen molar-refractivity contribution in [3.63, 3.8) is 0 Å². The minimum atomic E-state index is -4.23. The standard InChI is InChI=1S/C25H23BrN4O6S/c1-15-4-8-18(9-5-15)37(33,34)30(21-13-17(35-2)7-11-22(21)36-3)14-23(31)28-29-24-19-12-16(26)6-10-20(19)27-25(24)32/h4-13,27,32H,14H2,1-3H3. The molecule has 10 nitrogen and oxygen atoms in total. The Morgan fingerprint density at radius 2 is 1.78 bits per heavy atom. The molecule has 0 saturated carbocycles. The number of H-pyrrole nitrogens is 1. The minimum Gasteiger partial charge on any atom is -0.497 e. The van der Waals surface area contributed by atoms with Crippen LogP contribution in [0.25, 0.3) is 10.9 Å². The highest BCUT2D eigenvalue weighted by Gasteiger charge is 2.30. The van der Waals surface area contributed by atoms with E-state index in [4.69, 9.17) is 9.47 Å². The lowest BCUT2D eigenvalue weighted by Gasteiger charge is -2.25. The zero-order valence-corrected chi connectivity index (χ0v) is 22.5. The predicted molar refractivity (Wildman–Crippen MR) is 142 cm³/mol. The number of carbonyl (C=O) groups is 1. The van der Waals surface area contributed by atoms with Crippen molar-refractivity contribution < 1.29 is 27.8 Å². The van der Waals surface area contributed by atoms with Crippen molar-refractivity contribution in [1.82, 2.24) is 4.98 Å². The predicted octanol–water partition coefficient (Wildman–Crippen LogP) is 5.47. The van der Waals surface area contributed by atoms with Gasteiger partial charge in [0.25, 0.3) is 15.9 Å². The van der Waals surface area contributed by atoms with Crippen molar-refractivity contribution >= 4 is 54.1 Å². The van der Waals surface area contributed by atoms with Gasteiger partial charge in [0, 0.05) is 15.9 Å². The van der Waals surface area contributed by atoms with Crippen molar-refractivity contribution in [3.05, 3.63) is 70.7 Å². The SMILES string of the molecule is COc1ccc(OC)c(N(CC(=O)N=Nc2c(O)[nH]c3ccc(Br)cc23)S(=O)(=O)c2ccc(C)cc2)c1. The van der Waals surface area contributed by atoms with Gasteiger partial charge in [-0.1, -0.05) is 33.6 Å². The maximum Gasteiger partial charge on any atom is 0.285 e. The molecular weight excluding hydrogens is 564 g/mol. The van der Waals surface area contributed by atoms with E-state index in [1.807, 2.05) is 6.92 Å². The molecule has 1 heterocycles. The fourth-order valence-electron chi connectivity index (χ4n) is 3.63. The number of aromatic nitrogens is 1. The number of aryl methyl sites for hydroxylation is 1. The summed E-state index contributed by atoms with van der Waals surface area (Å²) in [6.07, 6.45) is 0. The summed E-state index contributed by atoms with van der Waals surface area (Å²) < 4.78 is 39.7. The Morgan fingerprint density at radius 3 is 2.46 bits per heavy atom. The van der Waals surface area contributed by atoms with Crippen molar-refractivity contribution in [2.24, 2.45) is 10.2 Å². The molecule has 0 fully saturated rings. The second kappa shape index (κ2) is 10.6. The number of carbonyl (C=O) groups excluding carboxylic acids is 1. The molecule has 0 spiro atoms. The Kier molecular flexibility index (Phi) is 7.50. The van der Waals surface area contributed by atoms with Gasteiger partial charge in [-0.25, -0.2) is 8.42 Å². The number of sulfonamides is 1. The second-order valence-electron chi connectivity index (χ2n) is 7.97. The topological polar surface area (TPSA) is 134 Å². The van der Waals surface area contributed by atoms with Crippen LogP contribution in [0.1, 0.15) is 5.56 Å². The molecule has 4 aromatic rings. The third-order valence-corrected chi connectivity index (χ3v) is 7.79. The van der Waals surface area contributed by atoms with Crippen molar-refractivity contribution in [3.8, 4) is 17.4 Å². The number of hydrogen-bond donors (Lipinski definition) is 2. The third kappa shape index (κ3) is 5.44. The van der Waals surface area contributed by atoms with Crippen LogP contribution in [-0.4, -0.2) is 45.2 Å². The molecule has 0 unspecified atom stereocenters. The molecule has 0 aliphatic carbocycles. The molecule has 12 heteroatoms. The van der Waals surface area contributed by atoms with E-state index in [-0.39, 0.29) is 27.9 Å². The molecule has 0 saturated heterocycles. The maximum absolute atomic E-state index is 13.7. The van der Waals surface area contributed by atoms with E-state index in [2.05, 4.69) is 31.1 Å². The molecule has 0 atom stereocenters. The molecule has 0 bridgehead atoms. The molecular formula is C25H23BrN4O6S. The molecule has 3 aromatic carbocycles. The number of fused-ring (bicyclic) bond motifs is 1. The smallest absolute Gasteiger partial charge is 0.285 e. The van der Waals surface area contributed by atoms with E-state index in [0.29, 0.717) is 16.7 Å². The summed E-state index contributed by atoms with van der Waals surface area (Å²) in [6, 6.07) is 16.1. The number of methoxy groups -OCH3 is 2. The lowest BCUT2D eigenvalue weighted by Crippen LogP contribution is -2.35. The summed E-state index contributed by atoms with van der Waals surface area (Å²) in [5.74, 6) is -0.573. The van der Waals surface area contributed by atoms with Crippen LogP contribution in [0.2, 0.25) is 0 Å². The van der Waals surface area contributed by atoms with Crippen LogP contribution in [-0.2, 0) is 14.8 Å². The van der Waals surface area contributed by atoms with E-state index >= 15 is 0 Å². The van der Waals surface area contributed by atoms with Crippen LogP contribution in [0.5, 0.6) is 17.4 Å². The van der Waals surface area contributed by atoms with Gasteiger partial charge in [0.2, 0.25) is 5.88 Å². The van der Waals surface area contributed by atoms with Gasteiger partial charge in [0.05, 0.1) is 30.3 Å². The molecule has 1 aromatic heterocycles. The summed E-state index contributed by atoms with van der Waals surface area (Å²) in [5.41, 5.74) is 1.60. The minimum absolute atomic E-state index is 0.0214. The Bertz CT molecular complexity index is 1600. The number of aromatic amines is 1. The van der Waals surface area contributed by atoms with E-state index in [1.165, 1.54) is 32.4 Å². The average Bonchev–Trinajstić information content (AvgIpc) is 3.19. The quantitative estimate of drug-likeness (QED) is 0.263. The zero-order chi connectivity index (χ0) is 26.7. The Morgan fingerprint density at radius 1 is 1.05 bits per heavy atom. The molecule has 1 amide bonds. The average molecular weight is 587 g/mol. The monoisotopic (exact) mass is 586 g/mol. The molecule has 0 aliphatic heterocycles. The van der Waals surface area contributed by atoms with Crippen molar-refractivity contribution in [2.45, 2.75) is 11.8 Å². The highest BCUT2D eigenvalue weighted by molar-refractivity contribution is 9.10. The number of benzene rings is 3. The van der Waals surface area contributed by atoms with Gasteiger partial charge in [-0.05, 0) is 49.4 Å². The van der Waals surface area contributed by atoms with Crippen LogP contribution in [0, 0.1) is 6.92 Å². The van der Waals surface area contributed by atoms with Gasteiger partial charge < -0.3 is 19.6 Å². The maximum atomic E-state index is 13.7. The largest absolute Gasteiger partial charge is 0.497 e. The van der Waals surface area contributed by atoms with Crippen LogP contribution in [0.3, 0.4) is 0 Å². The third-order valence-electron chi connectivity index (χ3n) is 5.52. The normalized spacial score (nSPS) is 11.7. The van der Waals surface area contributed by atoms with E-state index in [1.54, 1.807) is 42.5 Å². The highest BCUT2D eigenvalue weighted by atomic mass is 79.9. The number of ether oxygens (including phenoxy) is 2. The number of nitrogens with zero attached hydrogens (tertiary/aromatic N) is 3. The van der Waals surface area contributed by atoms with Gasteiger partial charge in [-0.3, -0.25) is 9.10 Å². The van der Waals surface area contributed by atoms with Crippen LogP contribution in [0.4, 0.5) is 11.4 Å². The lowest BCUT2D eigenvalue weighted by atomic mass is 10.2. The van der Waals surface area contributed by atoms with Crippen LogP contribution >= 0.6 is 15.9 Å². The van der Waals surface area contributed by atoms with Gasteiger partial charge in [-0.15, -0.1) is 10.2 Å². The number of azo groups is 1. The van der Waals surface area contributed by atoms with Crippen LogP contribution in [0.15, 0.2) is 80.3 Å². The van der Waals surface area contributed by atoms with Gasteiger partial charge in [-0.2, -0.15) is 0 Å². The summed E-state index contributed by atoms with van der Waals surface area (Å²) in [7, 11) is -1.40.